The van der Waals surface area contributed by atoms with Crippen molar-refractivity contribution in [3.8, 4) is 11.8 Å². The van der Waals surface area contributed by atoms with Crippen LogP contribution < -0.4 is 0 Å². The number of allylic oxidation sites excluding steroid dienone is 3. The van der Waals surface area contributed by atoms with E-state index in [1.165, 1.54) is 19.3 Å². The van der Waals surface area contributed by atoms with Crippen LogP contribution in [0, 0.1) is 29.1 Å². The van der Waals surface area contributed by atoms with Crippen molar-refractivity contribution in [1.29, 1.82) is 0 Å². The minimum absolute atomic E-state index is 0.107. The maximum atomic E-state index is 12.2. The molecule has 2 aliphatic rings. The monoisotopic (exact) mass is 386 g/mol. The zero-order valence-electron chi connectivity index (χ0n) is 17.0. The Morgan fingerprint density at radius 1 is 1.25 bits per heavy atom. The van der Waals surface area contributed by atoms with Crippen LogP contribution >= 0.6 is 0 Å². The summed E-state index contributed by atoms with van der Waals surface area (Å²) in [7, 11) is 0. The van der Waals surface area contributed by atoms with Crippen molar-refractivity contribution in [2.75, 3.05) is 0 Å². The third-order valence-corrected chi connectivity index (χ3v) is 6.30. The second-order valence-corrected chi connectivity index (χ2v) is 8.34. The van der Waals surface area contributed by atoms with E-state index in [0.29, 0.717) is 24.7 Å². The number of carbonyl (C=O) groups excluding carboxylic acids is 1. The Hall–Kier alpha value is -1.86. The molecule has 0 amide bonds. The van der Waals surface area contributed by atoms with E-state index in [0.717, 1.165) is 19.3 Å². The van der Waals surface area contributed by atoms with E-state index in [-0.39, 0.29) is 30.5 Å². The zero-order chi connectivity index (χ0) is 20.4. The fourth-order valence-electron chi connectivity index (χ4n) is 4.37. The summed E-state index contributed by atoms with van der Waals surface area (Å²) >= 11 is 0. The molecule has 4 nitrogen and oxygen atoms in total. The van der Waals surface area contributed by atoms with Gasteiger partial charge in [-0.15, -0.1) is 11.8 Å². The van der Waals surface area contributed by atoms with E-state index in [1.54, 1.807) is 0 Å². The van der Waals surface area contributed by atoms with Gasteiger partial charge in [0.1, 0.15) is 5.78 Å². The lowest BCUT2D eigenvalue weighted by Crippen LogP contribution is -2.28. The predicted molar refractivity (Wildman–Crippen MR) is 111 cm³/mol. The van der Waals surface area contributed by atoms with Crippen LogP contribution in [-0.4, -0.2) is 28.1 Å². The van der Waals surface area contributed by atoms with Gasteiger partial charge in [0.15, 0.2) is 0 Å². The number of aliphatic carboxylic acids is 1. The Kier molecular flexibility index (Phi) is 8.99. The predicted octanol–water partition coefficient (Wildman–Crippen LogP) is 4.67. The van der Waals surface area contributed by atoms with Crippen LogP contribution in [0.3, 0.4) is 0 Å². The SMILES string of the molecule is CC#CCC1(CC/C=C/[C@H]2[C@H](O)CC(=O)[C@@H]2C/C=C\CCCC(=O)O)CCC1. The van der Waals surface area contributed by atoms with E-state index >= 15 is 0 Å². The summed E-state index contributed by atoms with van der Waals surface area (Å²) in [5, 5.41) is 18.9. The lowest BCUT2D eigenvalue weighted by Gasteiger charge is -2.40. The Morgan fingerprint density at radius 2 is 2.04 bits per heavy atom. The smallest absolute Gasteiger partial charge is 0.303 e. The average molecular weight is 387 g/mol. The Labute approximate surface area is 169 Å². The first-order valence-corrected chi connectivity index (χ1v) is 10.6. The van der Waals surface area contributed by atoms with Gasteiger partial charge in [0.2, 0.25) is 0 Å². The maximum Gasteiger partial charge on any atom is 0.303 e. The molecule has 0 heterocycles. The van der Waals surface area contributed by atoms with Crippen molar-refractivity contribution in [3.05, 3.63) is 24.3 Å². The van der Waals surface area contributed by atoms with Gasteiger partial charge in [0, 0.05) is 31.1 Å². The highest BCUT2D eigenvalue weighted by atomic mass is 16.4. The minimum atomic E-state index is -0.780. The van der Waals surface area contributed by atoms with Crippen molar-refractivity contribution in [3.63, 3.8) is 0 Å². The fourth-order valence-corrected chi connectivity index (χ4v) is 4.37. The summed E-state index contributed by atoms with van der Waals surface area (Å²) < 4.78 is 0. The average Bonchev–Trinajstić information content (AvgIpc) is 2.89. The van der Waals surface area contributed by atoms with Gasteiger partial charge in [-0.2, -0.15) is 0 Å². The number of hydrogen-bond acceptors (Lipinski definition) is 3. The summed E-state index contributed by atoms with van der Waals surface area (Å²) in [6.45, 7) is 1.89. The Bertz CT molecular complexity index is 645. The van der Waals surface area contributed by atoms with Crippen LogP contribution in [0.25, 0.3) is 0 Å². The molecule has 0 aromatic heterocycles. The molecule has 0 aliphatic heterocycles. The van der Waals surface area contributed by atoms with Gasteiger partial charge in [-0.1, -0.05) is 30.7 Å². The van der Waals surface area contributed by atoms with Gasteiger partial charge in [0.05, 0.1) is 6.10 Å². The number of unbranched alkanes of at least 4 members (excludes halogenated alkanes) is 1. The summed E-state index contributed by atoms with van der Waals surface area (Å²) in [6, 6.07) is 0. The van der Waals surface area contributed by atoms with Crippen LogP contribution in [0.2, 0.25) is 0 Å². The number of ketones is 1. The van der Waals surface area contributed by atoms with Crippen molar-refractivity contribution in [1.82, 2.24) is 0 Å². The highest BCUT2D eigenvalue weighted by Crippen LogP contribution is 2.47. The van der Waals surface area contributed by atoms with Gasteiger partial charge in [-0.25, -0.2) is 0 Å². The second-order valence-electron chi connectivity index (χ2n) is 8.34. The molecular formula is C24H34O4. The topological polar surface area (TPSA) is 74.6 Å². The van der Waals surface area contributed by atoms with Crippen molar-refractivity contribution in [2.45, 2.75) is 83.7 Å². The van der Waals surface area contributed by atoms with Gasteiger partial charge in [-0.05, 0) is 57.3 Å². The first kappa shape index (κ1) is 22.4. The molecule has 2 rings (SSSR count). The maximum absolute atomic E-state index is 12.2. The molecule has 2 aliphatic carbocycles. The van der Waals surface area contributed by atoms with E-state index in [2.05, 4.69) is 24.0 Å². The lowest BCUT2D eigenvalue weighted by atomic mass is 9.64. The van der Waals surface area contributed by atoms with Crippen molar-refractivity contribution >= 4 is 11.8 Å². The van der Waals surface area contributed by atoms with Gasteiger partial charge in [0.25, 0.3) is 0 Å². The van der Waals surface area contributed by atoms with Crippen molar-refractivity contribution in [2.24, 2.45) is 17.3 Å². The molecule has 0 saturated heterocycles. The first-order valence-electron chi connectivity index (χ1n) is 10.6. The lowest BCUT2D eigenvalue weighted by molar-refractivity contribution is -0.137. The number of hydrogen-bond donors (Lipinski definition) is 2. The van der Waals surface area contributed by atoms with Crippen LogP contribution in [-0.2, 0) is 9.59 Å². The number of carboxylic acid groups (broad SMARTS) is 1. The first-order chi connectivity index (χ1) is 13.5. The number of aliphatic hydroxyl groups excluding tert-OH is 1. The van der Waals surface area contributed by atoms with E-state index < -0.39 is 12.1 Å². The standard InChI is InChI=1S/C24H34O4/c1-2-3-14-24(16-10-17-24)15-9-8-12-20-19(21(25)18-22(20)26)11-6-4-5-7-13-23(27)28/h4,6,8,12,19-20,22,26H,5,7,9-11,13-18H2,1H3,(H,27,28)/b6-4-,12-8+/t19-,20-,22-/m1/s1. The summed E-state index contributed by atoms with van der Waals surface area (Å²) in [5.41, 5.74) is 0.384. The molecular weight excluding hydrogens is 352 g/mol. The third-order valence-electron chi connectivity index (χ3n) is 6.30. The van der Waals surface area contributed by atoms with Crippen LogP contribution in [0.15, 0.2) is 24.3 Å². The molecule has 0 unspecified atom stereocenters. The molecule has 0 radical (unpaired) electrons. The molecule has 0 aromatic carbocycles. The van der Waals surface area contributed by atoms with E-state index in [4.69, 9.17) is 5.11 Å². The fraction of sp³-hybridized carbons (Fsp3) is 0.667. The molecule has 28 heavy (non-hydrogen) atoms. The molecule has 154 valence electrons. The third kappa shape index (κ3) is 6.63. The minimum Gasteiger partial charge on any atom is -0.481 e. The Morgan fingerprint density at radius 3 is 2.68 bits per heavy atom. The largest absolute Gasteiger partial charge is 0.481 e. The van der Waals surface area contributed by atoms with Gasteiger partial charge < -0.3 is 10.2 Å². The van der Waals surface area contributed by atoms with Crippen molar-refractivity contribution < 1.29 is 19.8 Å². The van der Waals surface area contributed by atoms with Crippen LogP contribution in [0.1, 0.15) is 77.6 Å². The molecule has 2 fully saturated rings. The number of Topliss-reactive ketones (excluding diaryl/α,β-unsaturated/α-hetero) is 1. The number of carbonyl (C=O) groups is 2. The number of carboxylic acids is 1. The second kappa shape index (κ2) is 11.2. The molecule has 4 heteroatoms. The highest BCUT2D eigenvalue weighted by molar-refractivity contribution is 5.84. The zero-order valence-corrected chi connectivity index (χ0v) is 17.0. The summed E-state index contributed by atoms with van der Waals surface area (Å²) in [5.74, 6) is 5.33. The summed E-state index contributed by atoms with van der Waals surface area (Å²) in [6.07, 6.45) is 16.8. The van der Waals surface area contributed by atoms with E-state index in [1.807, 2.05) is 19.1 Å². The quantitative estimate of drug-likeness (QED) is 0.307. The van der Waals surface area contributed by atoms with Crippen LogP contribution in [0.4, 0.5) is 0 Å². The normalized spacial score (nSPS) is 26.4. The number of rotatable bonds is 11. The molecule has 0 bridgehead atoms. The van der Waals surface area contributed by atoms with E-state index in [9.17, 15) is 14.7 Å². The Balaban J connectivity index is 1.81. The molecule has 3 atom stereocenters. The van der Waals surface area contributed by atoms with Crippen LogP contribution in [0.5, 0.6) is 0 Å². The van der Waals surface area contributed by atoms with Gasteiger partial charge in [-0.3, -0.25) is 9.59 Å². The number of aliphatic hydroxyl groups is 1. The molecule has 0 aromatic rings. The highest BCUT2D eigenvalue weighted by Gasteiger charge is 2.39. The summed E-state index contributed by atoms with van der Waals surface area (Å²) in [4.78, 5) is 22.8. The molecule has 0 spiro atoms. The molecule has 2 saturated carbocycles. The van der Waals surface area contributed by atoms with Gasteiger partial charge >= 0.3 is 5.97 Å². The molecule has 2 N–H and O–H groups in total.